The van der Waals surface area contributed by atoms with E-state index in [9.17, 15) is 9.59 Å². The van der Waals surface area contributed by atoms with Crippen LogP contribution in [0.2, 0.25) is 0 Å². The Balaban J connectivity index is 1.78. The van der Waals surface area contributed by atoms with Gasteiger partial charge < -0.3 is 20.3 Å². The molecule has 0 aromatic rings. The van der Waals surface area contributed by atoms with E-state index in [4.69, 9.17) is 4.74 Å². The van der Waals surface area contributed by atoms with Gasteiger partial charge in [0.15, 0.2) is 0 Å². The molecule has 0 radical (unpaired) electrons. The lowest BCUT2D eigenvalue weighted by molar-refractivity contribution is -0.133. The molecule has 0 bridgehead atoms. The van der Waals surface area contributed by atoms with Gasteiger partial charge in [0.25, 0.3) is 5.91 Å². The summed E-state index contributed by atoms with van der Waals surface area (Å²) in [5.74, 6) is -0.360. The fraction of sp³-hybridized carbons (Fsp3) is 0.800. The molecule has 96 valence electrons. The SMILES string of the molecule is O=C(NC(=O)N1CCNCC1)C1CNCCO1. The summed E-state index contributed by atoms with van der Waals surface area (Å²) >= 11 is 0. The topological polar surface area (TPSA) is 82.7 Å². The molecular formula is C10H18N4O3. The summed E-state index contributed by atoms with van der Waals surface area (Å²) in [4.78, 5) is 25.1. The summed E-state index contributed by atoms with van der Waals surface area (Å²) < 4.78 is 5.27. The number of carbonyl (C=O) groups is 2. The molecule has 2 aliphatic rings. The van der Waals surface area contributed by atoms with Gasteiger partial charge in [-0.15, -0.1) is 0 Å². The third kappa shape index (κ3) is 3.39. The van der Waals surface area contributed by atoms with Gasteiger partial charge in [0.05, 0.1) is 6.61 Å². The minimum atomic E-state index is -0.560. The van der Waals surface area contributed by atoms with Crippen LogP contribution in [0.15, 0.2) is 0 Å². The first-order valence-corrected chi connectivity index (χ1v) is 5.90. The highest BCUT2D eigenvalue weighted by Crippen LogP contribution is 1.98. The number of hydrogen-bond donors (Lipinski definition) is 3. The molecule has 0 aliphatic carbocycles. The Hall–Kier alpha value is -1.18. The highest BCUT2D eigenvalue weighted by atomic mass is 16.5. The van der Waals surface area contributed by atoms with Crippen LogP contribution in [-0.2, 0) is 9.53 Å². The lowest BCUT2D eigenvalue weighted by Crippen LogP contribution is -2.55. The summed E-state index contributed by atoms with van der Waals surface area (Å²) in [6, 6.07) is -0.328. The summed E-state index contributed by atoms with van der Waals surface area (Å²) in [6.07, 6.45) is -0.560. The second-order valence-corrected chi connectivity index (χ2v) is 4.10. The molecule has 7 heteroatoms. The quantitative estimate of drug-likeness (QED) is 0.501. The number of nitrogens with one attached hydrogen (secondary N) is 3. The van der Waals surface area contributed by atoms with Gasteiger partial charge in [-0.05, 0) is 0 Å². The maximum atomic E-state index is 11.7. The molecule has 0 saturated carbocycles. The third-order valence-corrected chi connectivity index (χ3v) is 2.85. The summed E-state index contributed by atoms with van der Waals surface area (Å²) in [5, 5.41) is 8.57. The van der Waals surface area contributed by atoms with Gasteiger partial charge in [-0.1, -0.05) is 0 Å². The molecule has 1 unspecified atom stereocenters. The molecule has 2 fully saturated rings. The fourth-order valence-electron chi connectivity index (χ4n) is 1.87. The van der Waals surface area contributed by atoms with E-state index in [1.165, 1.54) is 0 Å². The van der Waals surface area contributed by atoms with Crippen molar-refractivity contribution in [2.24, 2.45) is 0 Å². The van der Waals surface area contributed by atoms with Crippen molar-refractivity contribution in [1.29, 1.82) is 0 Å². The van der Waals surface area contributed by atoms with E-state index in [1.807, 2.05) is 0 Å². The van der Waals surface area contributed by atoms with Gasteiger partial charge in [0.1, 0.15) is 6.10 Å². The Bertz CT molecular complexity index is 257. The largest absolute Gasteiger partial charge is 0.366 e. The highest BCUT2D eigenvalue weighted by Gasteiger charge is 2.25. The Morgan fingerprint density at radius 3 is 2.59 bits per heavy atom. The predicted molar refractivity (Wildman–Crippen MR) is 60.6 cm³/mol. The van der Waals surface area contributed by atoms with Crippen LogP contribution in [0.3, 0.4) is 0 Å². The van der Waals surface area contributed by atoms with Gasteiger partial charge in [0, 0.05) is 39.3 Å². The minimum Gasteiger partial charge on any atom is -0.366 e. The summed E-state index contributed by atoms with van der Waals surface area (Å²) in [5.41, 5.74) is 0. The van der Waals surface area contributed by atoms with Crippen LogP contribution in [-0.4, -0.2) is 68.8 Å². The van der Waals surface area contributed by atoms with E-state index >= 15 is 0 Å². The summed E-state index contributed by atoms with van der Waals surface area (Å²) in [6.45, 7) is 4.49. The van der Waals surface area contributed by atoms with E-state index in [2.05, 4.69) is 16.0 Å². The van der Waals surface area contributed by atoms with Crippen molar-refractivity contribution in [3.05, 3.63) is 0 Å². The van der Waals surface area contributed by atoms with Crippen molar-refractivity contribution in [3.63, 3.8) is 0 Å². The number of ether oxygens (including phenoxy) is 1. The molecule has 3 N–H and O–H groups in total. The number of piperazine rings is 1. The molecule has 0 aromatic heterocycles. The molecular weight excluding hydrogens is 224 g/mol. The zero-order chi connectivity index (χ0) is 12.1. The van der Waals surface area contributed by atoms with Crippen LogP contribution in [0, 0.1) is 0 Å². The van der Waals surface area contributed by atoms with Gasteiger partial charge in [-0.2, -0.15) is 0 Å². The van der Waals surface area contributed by atoms with Crippen molar-refractivity contribution in [2.45, 2.75) is 6.10 Å². The molecule has 17 heavy (non-hydrogen) atoms. The molecule has 7 nitrogen and oxygen atoms in total. The molecule has 1 atom stereocenters. The normalized spacial score (nSPS) is 25.4. The number of carbonyl (C=O) groups excluding carboxylic acids is 2. The second kappa shape index (κ2) is 5.95. The van der Waals surface area contributed by atoms with Crippen LogP contribution in [0.4, 0.5) is 4.79 Å². The molecule has 0 aromatic carbocycles. The summed E-state index contributed by atoms with van der Waals surface area (Å²) in [7, 11) is 0. The maximum absolute atomic E-state index is 11.7. The number of nitrogens with zero attached hydrogens (tertiary/aromatic N) is 1. The Morgan fingerprint density at radius 2 is 1.94 bits per heavy atom. The maximum Gasteiger partial charge on any atom is 0.324 e. The second-order valence-electron chi connectivity index (χ2n) is 4.10. The first-order valence-electron chi connectivity index (χ1n) is 5.90. The van der Waals surface area contributed by atoms with E-state index in [0.717, 1.165) is 19.6 Å². The van der Waals surface area contributed by atoms with Crippen LogP contribution in [0.25, 0.3) is 0 Å². The first-order chi connectivity index (χ1) is 8.27. The van der Waals surface area contributed by atoms with E-state index < -0.39 is 6.10 Å². The Morgan fingerprint density at radius 1 is 1.18 bits per heavy atom. The molecule has 2 rings (SSSR count). The molecule has 0 spiro atoms. The van der Waals surface area contributed by atoms with E-state index in [0.29, 0.717) is 26.2 Å². The zero-order valence-electron chi connectivity index (χ0n) is 9.70. The van der Waals surface area contributed by atoms with E-state index in [-0.39, 0.29) is 11.9 Å². The Labute approximate surface area is 99.9 Å². The van der Waals surface area contributed by atoms with Crippen LogP contribution in [0.5, 0.6) is 0 Å². The van der Waals surface area contributed by atoms with Crippen molar-refractivity contribution < 1.29 is 14.3 Å². The van der Waals surface area contributed by atoms with Crippen LogP contribution >= 0.6 is 0 Å². The smallest absolute Gasteiger partial charge is 0.324 e. The predicted octanol–water partition coefficient (Wildman–Crippen LogP) is -1.88. The van der Waals surface area contributed by atoms with Crippen molar-refractivity contribution >= 4 is 11.9 Å². The van der Waals surface area contributed by atoms with Gasteiger partial charge in [-0.3, -0.25) is 10.1 Å². The molecule has 2 heterocycles. The van der Waals surface area contributed by atoms with Crippen molar-refractivity contribution in [3.8, 4) is 0 Å². The minimum absolute atomic E-state index is 0.328. The molecule has 3 amide bonds. The van der Waals surface area contributed by atoms with E-state index in [1.54, 1.807) is 4.90 Å². The van der Waals surface area contributed by atoms with Crippen LogP contribution in [0.1, 0.15) is 0 Å². The van der Waals surface area contributed by atoms with Crippen molar-refractivity contribution in [1.82, 2.24) is 20.9 Å². The lowest BCUT2D eigenvalue weighted by Gasteiger charge is -2.28. The number of amides is 3. The number of imide groups is 1. The Kier molecular flexibility index (Phi) is 4.29. The van der Waals surface area contributed by atoms with Crippen molar-refractivity contribution in [2.75, 3.05) is 45.9 Å². The number of morpholine rings is 1. The highest BCUT2D eigenvalue weighted by molar-refractivity contribution is 5.96. The zero-order valence-corrected chi connectivity index (χ0v) is 9.70. The van der Waals surface area contributed by atoms with Gasteiger partial charge in [-0.25, -0.2) is 4.79 Å². The average molecular weight is 242 g/mol. The molecule has 2 aliphatic heterocycles. The standard InChI is InChI=1S/C10H18N4O3/c15-9(8-7-12-3-6-17-8)13-10(16)14-4-1-11-2-5-14/h8,11-12H,1-7H2,(H,13,15,16). The number of rotatable bonds is 1. The van der Waals surface area contributed by atoms with Gasteiger partial charge in [0.2, 0.25) is 0 Å². The third-order valence-electron chi connectivity index (χ3n) is 2.85. The molecule has 2 saturated heterocycles. The monoisotopic (exact) mass is 242 g/mol. The average Bonchev–Trinajstić information content (AvgIpc) is 2.40. The fourth-order valence-corrected chi connectivity index (χ4v) is 1.87. The lowest BCUT2D eigenvalue weighted by atomic mass is 10.3. The van der Waals surface area contributed by atoms with Gasteiger partial charge >= 0.3 is 6.03 Å². The number of hydrogen-bond acceptors (Lipinski definition) is 5. The number of urea groups is 1. The van der Waals surface area contributed by atoms with Crippen LogP contribution < -0.4 is 16.0 Å². The first kappa shape index (κ1) is 12.3.